The molecule has 120 valence electrons. The van der Waals surface area contributed by atoms with Crippen molar-refractivity contribution < 1.29 is 0 Å². The van der Waals surface area contributed by atoms with Crippen LogP contribution in [0.3, 0.4) is 0 Å². The van der Waals surface area contributed by atoms with E-state index in [0.29, 0.717) is 0 Å². The fraction of sp³-hybridized carbons (Fsp3) is 0.750. The zero-order chi connectivity index (χ0) is 16.0. The maximum absolute atomic E-state index is 2.18. The van der Waals surface area contributed by atoms with Crippen molar-refractivity contribution in [3.63, 3.8) is 0 Å². The molecule has 0 amide bonds. The highest BCUT2D eigenvalue weighted by Gasteiger charge is 1.84. The Kier molecular flexibility index (Phi) is 15.9. The summed E-state index contributed by atoms with van der Waals surface area (Å²) in [7, 11) is 16.6. The van der Waals surface area contributed by atoms with Gasteiger partial charge in [-0.3, -0.25) is 0 Å². The molecule has 0 spiro atoms. The van der Waals surface area contributed by atoms with Gasteiger partial charge in [-0.25, -0.2) is 0 Å². The van der Waals surface area contributed by atoms with E-state index in [2.05, 4.69) is 100 Å². The van der Waals surface area contributed by atoms with Crippen molar-refractivity contribution in [3.8, 4) is 0 Å². The molecule has 0 N–H and O–H groups in total. The average molecular weight is 284 g/mol. The molecular weight excluding hydrogens is 248 g/mol. The third kappa shape index (κ3) is 26.0. The van der Waals surface area contributed by atoms with E-state index in [4.69, 9.17) is 0 Å². The minimum Gasteiger partial charge on any atom is -0.306 e. The van der Waals surface area contributed by atoms with Gasteiger partial charge < -0.3 is 19.6 Å². The molecule has 4 nitrogen and oxygen atoms in total. The number of hydrogen-bond donors (Lipinski definition) is 0. The molecule has 0 rings (SSSR count). The van der Waals surface area contributed by atoms with Crippen LogP contribution in [0.2, 0.25) is 0 Å². The fourth-order valence-corrected chi connectivity index (χ4v) is 1.14. The van der Waals surface area contributed by atoms with Crippen molar-refractivity contribution in [2.45, 2.75) is 0 Å². The summed E-state index contributed by atoms with van der Waals surface area (Å²) in [5, 5.41) is 0. The summed E-state index contributed by atoms with van der Waals surface area (Å²) in [5.74, 6) is 0. The van der Waals surface area contributed by atoms with Gasteiger partial charge in [0.1, 0.15) is 0 Å². The molecule has 0 aliphatic rings. The first-order chi connectivity index (χ1) is 9.25. The van der Waals surface area contributed by atoms with E-state index in [-0.39, 0.29) is 0 Å². The zero-order valence-electron chi connectivity index (χ0n) is 14.9. The molecule has 0 aliphatic heterocycles. The summed E-state index contributed by atoms with van der Waals surface area (Å²) < 4.78 is 0. The molecule has 0 fully saturated rings. The molecule has 4 heteroatoms. The van der Waals surface area contributed by atoms with Crippen LogP contribution in [0, 0.1) is 0 Å². The standard InChI is InChI=1S/2C8H18N2/c2*1-9(2)7-5-6-8-10(3)4/h2*5-6H,7-8H2,1-4H3. The van der Waals surface area contributed by atoms with Crippen LogP contribution in [0.25, 0.3) is 0 Å². The predicted molar refractivity (Wildman–Crippen MR) is 92.5 cm³/mol. The SMILES string of the molecule is CN(C)CC=CCN(C)C.CN(C)CC=CCN(C)C. The van der Waals surface area contributed by atoms with E-state index < -0.39 is 0 Å². The maximum atomic E-state index is 2.18. The predicted octanol–water partition coefficient (Wildman–Crippen LogP) is 1.33. The van der Waals surface area contributed by atoms with Gasteiger partial charge in [0.25, 0.3) is 0 Å². The molecule has 0 saturated carbocycles. The highest BCUT2D eigenvalue weighted by atomic mass is 15.1. The Bertz CT molecular complexity index is 193. The first kappa shape index (κ1) is 21.6. The molecule has 0 radical (unpaired) electrons. The van der Waals surface area contributed by atoms with Crippen molar-refractivity contribution in [2.24, 2.45) is 0 Å². The lowest BCUT2D eigenvalue weighted by Crippen LogP contribution is -2.13. The van der Waals surface area contributed by atoms with Gasteiger partial charge in [0.2, 0.25) is 0 Å². The molecule has 0 bridgehead atoms. The van der Waals surface area contributed by atoms with Crippen LogP contribution < -0.4 is 0 Å². The lowest BCUT2D eigenvalue weighted by molar-refractivity contribution is 0.444. The van der Waals surface area contributed by atoms with Gasteiger partial charge in [0.05, 0.1) is 0 Å². The molecule has 0 atom stereocenters. The normalized spacial score (nSPS) is 12.2. The number of likely N-dealkylation sites (N-methyl/N-ethyl adjacent to an activating group) is 4. The Hall–Kier alpha value is -0.680. The van der Waals surface area contributed by atoms with Crippen molar-refractivity contribution in [2.75, 3.05) is 82.6 Å². The minimum atomic E-state index is 1.04. The van der Waals surface area contributed by atoms with Crippen LogP contribution >= 0.6 is 0 Å². The van der Waals surface area contributed by atoms with Crippen LogP contribution in [-0.2, 0) is 0 Å². The van der Waals surface area contributed by atoms with Crippen LogP contribution in [0.1, 0.15) is 0 Å². The summed E-state index contributed by atoms with van der Waals surface area (Å²) in [6.07, 6.45) is 8.72. The van der Waals surface area contributed by atoms with Gasteiger partial charge >= 0.3 is 0 Å². The average Bonchev–Trinajstić information content (AvgIpc) is 2.30. The van der Waals surface area contributed by atoms with E-state index in [1.54, 1.807) is 0 Å². The molecule has 0 saturated heterocycles. The molecule has 0 heterocycles. The lowest BCUT2D eigenvalue weighted by atomic mass is 10.4. The Morgan fingerprint density at radius 3 is 0.650 bits per heavy atom. The van der Waals surface area contributed by atoms with E-state index in [1.165, 1.54) is 0 Å². The van der Waals surface area contributed by atoms with Gasteiger partial charge in [-0.15, -0.1) is 0 Å². The largest absolute Gasteiger partial charge is 0.306 e. The van der Waals surface area contributed by atoms with Crippen molar-refractivity contribution in [1.29, 1.82) is 0 Å². The monoisotopic (exact) mass is 284 g/mol. The Balaban J connectivity index is 0. The molecule has 0 aromatic rings. The second kappa shape index (κ2) is 14.7. The second-order valence-corrected chi connectivity index (χ2v) is 5.99. The molecule has 20 heavy (non-hydrogen) atoms. The Morgan fingerprint density at radius 2 is 0.550 bits per heavy atom. The van der Waals surface area contributed by atoms with Crippen LogP contribution in [-0.4, -0.2) is 102 Å². The zero-order valence-corrected chi connectivity index (χ0v) is 14.9. The first-order valence-electron chi connectivity index (χ1n) is 7.14. The third-order valence-corrected chi connectivity index (χ3v) is 2.22. The lowest BCUT2D eigenvalue weighted by Gasteiger charge is -2.06. The smallest absolute Gasteiger partial charge is 0.0157 e. The second-order valence-electron chi connectivity index (χ2n) is 5.99. The fourth-order valence-electron chi connectivity index (χ4n) is 1.14. The topological polar surface area (TPSA) is 13.0 Å². The minimum absolute atomic E-state index is 1.04. The highest BCUT2D eigenvalue weighted by molar-refractivity contribution is 4.85. The van der Waals surface area contributed by atoms with Gasteiger partial charge in [0.15, 0.2) is 0 Å². The van der Waals surface area contributed by atoms with Gasteiger partial charge in [-0.05, 0) is 56.4 Å². The first-order valence-corrected chi connectivity index (χ1v) is 7.14. The van der Waals surface area contributed by atoms with E-state index in [0.717, 1.165) is 26.2 Å². The summed E-state index contributed by atoms with van der Waals surface area (Å²) in [4.78, 5) is 8.58. The molecule has 0 unspecified atom stereocenters. The van der Waals surface area contributed by atoms with E-state index in [1.807, 2.05) is 0 Å². The van der Waals surface area contributed by atoms with Crippen molar-refractivity contribution in [3.05, 3.63) is 24.3 Å². The van der Waals surface area contributed by atoms with Gasteiger partial charge in [-0.1, -0.05) is 24.3 Å². The molecular formula is C16H36N4. The van der Waals surface area contributed by atoms with E-state index >= 15 is 0 Å². The van der Waals surface area contributed by atoms with E-state index in [9.17, 15) is 0 Å². The third-order valence-electron chi connectivity index (χ3n) is 2.22. The molecule has 0 aliphatic carbocycles. The Labute approximate surface area is 127 Å². The summed E-state index contributed by atoms with van der Waals surface area (Å²) in [5.41, 5.74) is 0. The van der Waals surface area contributed by atoms with Crippen LogP contribution in [0.4, 0.5) is 0 Å². The van der Waals surface area contributed by atoms with Crippen molar-refractivity contribution >= 4 is 0 Å². The highest BCUT2D eigenvalue weighted by Crippen LogP contribution is 1.80. The van der Waals surface area contributed by atoms with Crippen LogP contribution in [0.5, 0.6) is 0 Å². The Morgan fingerprint density at radius 1 is 0.400 bits per heavy atom. The number of hydrogen-bond acceptors (Lipinski definition) is 4. The summed E-state index contributed by atoms with van der Waals surface area (Å²) in [6.45, 7) is 4.14. The molecule has 0 aromatic carbocycles. The van der Waals surface area contributed by atoms with Gasteiger partial charge in [0, 0.05) is 26.2 Å². The quantitative estimate of drug-likeness (QED) is 0.624. The van der Waals surface area contributed by atoms with Crippen LogP contribution in [0.15, 0.2) is 24.3 Å². The molecule has 0 aromatic heterocycles. The number of rotatable bonds is 8. The summed E-state index contributed by atoms with van der Waals surface area (Å²) >= 11 is 0. The maximum Gasteiger partial charge on any atom is 0.0157 e. The van der Waals surface area contributed by atoms with Crippen molar-refractivity contribution in [1.82, 2.24) is 19.6 Å². The van der Waals surface area contributed by atoms with Gasteiger partial charge in [-0.2, -0.15) is 0 Å². The summed E-state index contributed by atoms with van der Waals surface area (Å²) in [6, 6.07) is 0. The number of nitrogens with zero attached hydrogens (tertiary/aromatic N) is 4.